The molecule has 0 bridgehead atoms. The molecule has 2 aromatic heterocycles. The minimum atomic E-state index is -0.0781. The topological polar surface area (TPSA) is 71.8 Å². The van der Waals surface area contributed by atoms with E-state index >= 15 is 0 Å². The van der Waals surface area contributed by atoms with Crippen molar-refractivity contribution in [2.24, 2.45) is 5.92 Å². The van der Waals surface area contributed by atoms with E-state index in [-0.39, 0.29) is 11.8 Å². The van der Waals surface area contributed by atoms with Gasteiger partial charge < -0.3 is 15.0 Å². The van der Waals surface area contributed by atoms with Crippen molar-refractivity contribution in [1.29, 1.82) is 0 Å². The zero-order valence-electron chi connectivity index (χ0n) is 21.2. The quantitative estimate of drug-likeness (QED) is 0.403. The molecule has 7 heteroatoms. The van der Waals surface area contributed by atoms with Gasteiger partial charge in [-0.15, -0.1) is 0 Å². The van der Waals surface area contributed by atoms with Gasteiger partial charge in [-0.2, -0.15) is 5.10 Å². The molecule has 0 radical (unpaired) electrons. The van der Waals surface area contributed by atoms with E-state index in [0.29, 0.717) is 19.7 Å². The van der Waals surface area contributed by atoms with Crippen molar-refractivity contribution in [3.63, 3.8) is 0 Å². The number of piperidine rings is 1. The van der Waals surface area contributed by atoms with Gasteiger partial charge in [-0.1, -0.05) is 24.3 Å². The Bertz CT molecular complexity index is 1360. The Hall–Kier alpha value is -3.87. The monoisotopic (exact) mass is 483 g/mol. The second kappa shape index (κ2) is 10.4. The van der Waals surface area contributed by atoms with E-state index in [1.165, 1.54) is 11.1 Å². The zero-order chi connectivity index (χ0) is 25.1. The molecular weight excluding hydrogens is 450 g/mol. The minimum absolute atomic E-state index is 0.0781. The molecule has 3 heterocycles. The Morgan fingerprint density at radius 3 is 2.72 bits per heavy atom. The van der Waals surface area contributed by atoms with Gasteiger partial charge >= 0.3 is 0 Å². The number of carbonyl (C=O) groups excluding carboxylic acids is 1. The summed E-state index contributed by atoms with van der Waals surface area (Å²) in [6.45, 7) is 8.88. The molecule has 0 saturated carbocycles. The summed E-state index contributed by atoms with van der Waals surface area (Å²) in [6.07, 6.45) is 5.49. The van der Waals surface area contributed by atoms with Crippen LogP contribution in [-0.2, 0) is 11.3 Å². The van der Waals surface area contributed by atoms with Gasteiger partial charge in [0.1, 0.15) is 11.3 Å². The molecule has 36 heavy (non-hydrogen) atoms. The fraction of sp³-hybridized carbons (Fsp3) is 0.345. The number of hydrogen-bond donors (Lipinski definition) is 1. The Morgan fingerprint density at radius 1 is 1.11 bits per heavy atom. The highest BCUT2D eigenvalue weighted by atomic mass is 16.5. The van der Waals surface area contributed by atoms with Gasteiger partial charge in [0.25, 0.3) is 0 Å². The van der Waals surface area contributed by atoms with Crippen molar-refractivity contribution < 1.29 is 9.53 Å². The number of nitrogens with zero attached hydrogens (tertiary/aromatic N) is 4. The van der Waals surface area contributed by atoms with Crippen molar-refractivity contribution in [1.82, 2.24) is 19.9 Å². The first-order valence-corrected chi connectivity index (χ1v) is 12.7. The van der Waals surface area contributed by atoms with Crippen LogP contribution in [0.2, 0.25) is 0 Å². The van der Waals surface area contributed by atoms with Crippen molar-refractivity contribution in [2.45, 2.75) is 40.2 Å². The summed E-state index contributed by atoms with van der Waals surface area (Å²) in [5.41, 5.74) is 6.56. The summed E-state index contributed by atoms with van der Waals surface area (Å²) in [4.78, 5) is 20.0. The largest absolute Gasteiger partial charge is 0.494 e. The molecule has 4 aromatic rings. The van der Waals surface area contributed by atoms with Crippen molar-refractivity contribution in [3.05, 3.63) is 77.6 Å². The highest BCUT2D eigenvalue weighted by Gasteiger charge is 2.27. The van der Waals surface area contributed by atoms with Crippen LogP contribution in [0.1, 0.15) is 36.5 Å². The molecule has 5 rings (SSSR count). The highest BCUT2D eigenvalue weighted by Crippen LogP contribution is 2.29. The Kier molecular flexibility index (Phi) is 6.89. The number of anilines is 1. The number of aromatic nitrogens is 3. The number of hydrogen-bond acceptors (Lipinski definition) is 5. The van der Waals surface area contributed by atoms with E-state index in [1.54, 1.807) is 6.20 Å². The average molecular weight is 484 g/mol. The standard InChI is InChI=1S/C29H33N5O2/c1-4-36-25-11-8-22(9-12-25)18-31-29(35)24-6-5-14-33(19-24)28-27-17-26(32-34(27)15-13-30-28)23-10-7-20(2)21(3)16-23/h7-13,15-17,24H,4-6,14,18-19H2,1-3H3,(H,31,35). The smallest absolute Gasteiger partial charge is 0.225 e. The van der Waals surface area contributed by atoms with Crippen LogP contribution in [0.25, 0.3) is 16.8 Å². The van der Waals surface area contributed by atoms with Crippen LogP contribution in [0.3, 0.4) is 0 Å². The normalized spacial score (nSPS) is 15.8. The van der Waals surface area contributed by atoms with E-state index in [0.717, 1.165) is 53.3 Å². The lowest BCUT2D eigenvalue weighted by Gasteiger charge is -2.33. The number of fused-ring (bicyclic) bond motifs is 1. The van der Waals surface area contributed by atoms with Crippen LogP contribution < -0.4 is 15.0 Å². The summed E-state index contributed by atoms with van der Waals surface area (Å²) in [5, 5.41) is 7.93. The summed E-state index contributed by atoms with van der Waals surface area (Å²) in [5.74, 6) is 1.73. The summed E-state index contributed by atoms with van der Waals surface area (Å²) >= 11 is 0. The number of amides is 1. The van der Waals surface area contributed by atoms with Gasteiger partial charge in [-0.3, -0.25) is 4.79 Å². The van der Waals surface area contributed by atoms with Gasteiger partial charge in [-0.05, 0) is 74.6 Å². The lowest BCUT2D eigenvalue weighted by Crippen LogP contribution is -2.43. The van der Waals surface area contributed by atoms with Crippen LogP contribution >= 0.6 is 0 Å². The van der Waals surface area contributed by atoms with Crippen LogP contribution in [0, 0.1) is 19.8 Å². The molecule has 0 aliphatic carbocycles. The van der Waals surface area contributed by atoms with E-state index < -0.39 is 0 Å². The molecular formula is C29H33N5O2. The molecule has 0 spiro atoms. The predicted octanol–water partition coefficient (Wildman–Crippen LogP) is 4.94. The number of benzene rings is 2. The fourth-order valence-electron chi connectivity index (χ4n) is 4.78. The number of rotatable bonds is 7. The number of aryl methyl sites for hydroxylation is 2. The first-order chi connectivity index (χ1) is 17.5. The van der Waals surface area contributed by atoms with E-state index in [4.69, 9.17) is 14.8 Å². The molecule has 7 nitrogen and oxygen atoms in total. The minimum Gasteiger partial charge on any atom is -0.494 e. The number of carbonyl (C=O) groups is 1. The maximum absolute atomic E-state index is 13.0. The highest BCUT2D eigenvalue weighted by molar-refractivity contribution is 5.81. The third-order valence-corrected chi connectivity index (χ3v) is 6.97. The third kappa shape index (κ3) is 5.05. The maximum Gasteiger partial charge on any atom is 0.225 e. The van der Waals surface area contributed by atoms with Crippen molar-refractivity contribution >= 4 is 17.2 Å². The van der Waals surface area contributed by atoms with Gasteiger partial charge in [0.05, 0.1) is 18.2 Å². The SMILES string of the molecule is CCOc1ccc(CNC(=O)C2CCCN(c3nccn4nc(-c5ccc(C)c(C)c5)cc34)C2)cc1. The van der Waals surface area contributed by atoms with Crippen molar-refractivity contribution in [2.75, 3.05) is 24.6 Å². The van der Waals surface area contributed by atoms with E-state index in [1.807, 2.05) is 41.9 Å². The summed E-state index contributed by atoms with van der Waals surface area (Å²) in [7, 11) is 0. The molecule has 1 unspecified atom stereocenters. The number of ether oxygens (including phenoxy) is 1. The molecule has 1 amide bonds. The van der Waals surface area contributed by atoms with E-state index in [9.17, 15) is 4.79 Å². The maximum atomic E-state index is 13.0. The Labute approximate surface area is 212 Å². The van der Waals surface area contributed by atoms with Gasteiger partial charge in [0, 0.05) is 37.6 Å². The van der Waals surface area contributed by atoms with Crippen LogP contribution in [0.5, 0.6) is 5.75 Å². The molecule has 1 N–H and O–H groups in total. The fourth-order valence-corrected chi connectivity index (χ4v) is 4.78. The molecule has 1 atom stereocenters. The van der Waals surface area contributed by atoms with Crippen LogP contribution in [0.15, 0.2) is 60.9 Å². The predicted molar refractivity (Wildman–Crippen MR) is 142 cm³/mol. The lowest BCUT2D eigenvalue weighted by atomic mass is 9.97. The van der Waals surface area contributed by atoms with Crippen LogP contribution in [-0.4, -0.2) is 40.2 Å². The second-order valence-corrected chi connectivity index (χ2v) is 9.49. The Morgan fingerprint density at radius 2 is 1.94 bits per heavy atom. The number of nitrogens with one attached hydrogen (secondary N) is 1. The van der Waals surface area contributed by atoms with Gasteiger partial charge in [0.2, 0.25) is 5.91 Å². The zero-order valence-corrected chi connectivity index (χ0v) is 21.2. The van der Waals surface area contributed by atoms with Gasteiger partial charge in [-0.25, -0.2) is 9.50 Å². The molecule has 186 valence electrons. The second-order valence-electron chi connectivity index (χ2n) is 9.49. The molecule has 2 aromatic carbocycles. The average Bonchev–Trinajstić information content (AvgIpc) is 3.34. The summed E-state index contributed by atoms with van der Waals surface area (Å²) in [6, 6.07) is 16.4. The molecule has 1 saturated heterocycles. The Balaban J connectivity index is 1.29. The van der Waals surface area contributed by atoms with Gasteiger partial charge in [0.15, 0.2) is 5.82 Å². The first kappa shape index (κ1) is 23.9. The first-order valence-electron chi connectivity index (χ1n) is 12.7. The third-order valence-electron chi connectivity index (χ3n) is 6.97. The molecule has 1 fully saturated rings. The lowest BCUT2D eigenvalue weighted by molar-refractivity contribution is -0.125. The van der Waals surface area contributed by atoms with E-state index in [2.05, 4.69) is 48.3 Å². The summed E-state index contributed by atoms with van der Waals surface area (Å²) < 4.78 is 7.39. The molecule has 1 aliphatic heterocycles. The van der Waals surface area contributed by atoms with Crippen LogP contribution in [0.4, 0.5) is 5.82 Å². The van der Waals surface area contributed by atoms with Crippen molar-refractivity contribution in [3.8, 4) is 17.0 Å². The molecule has 1 aliphatic rings.